The highest BCUT2D eigenvalue weighted by Crippen LogP contribution is 2.13. The summed E-state index contributed by atoms with van der Waals surface area (Å²) in [5, 5.41) is 2.66. The molecule has 0 bridgehead atoms. The lowest BCUT2D eigenvalue weighted by Gasteiger charge is -2.09. The molecule has 1 aromatic rings. The number of aryl methyl sites for hydroxylation is 1. The molecule has 6 heteroatoms. The second kappa shape index (κ2) is 7.25. The Labute approximate surface area is 114 Å². The summed E-state index contributed by atoms with van der Waals surface area (Å²) in [6, 6.07) is 6.66. The van der Waals surface area contributed by atoms with Crippen molar-refractivity contribution in [2.24, 2.45) is 0 Å². The zero-order valence-corrected chi connectivity index (χ0v) is 12.1. The number of rotatable bonds is 7. The Bertz CT molecular complexity index is 526. The van der Waals surface area contributed by atoms with E-state index in [1.165, 1.54) is 6.07 Å². The van der Waals surface area contributed by atoms with E-state index in [1.54, 1.807) is 25.1 Å². The van der Waals surface area contributed by atoms with Crippen LogP contribution in [0.3, 0.4) is 0 Å². The van der Waals surface area contributed by atoms with Crippen LogP contribution in [0.4, 0.5) is 0 Å². The Morgan fingerprint density at radius 3 is 2.58 bits per heavy atom. The third kappa shape index (κ3) is 5.00. The topological polar surface area (TPSA) is 75.3 Å². The number of amides is 1. The molecule has 0 spiro atoms. The molecule has 1 rings (SSSR count). The number of carbonyl (C=O) groups excluding carboxylic acids is 1. The smallest absolute Gasteiger partial charge is 0.241 e. The molecule has 0 aliphatic heterocycles. The van der Waals surface area contributed by atoms with Crippen LogP contribution in [0.2, 0.25) is 0 Å². The first-order chi connectivity index (χ1) is 8.97. The van der Waals surface area contributed by atoms with Crippen LogP contribution in [0.5, 0.6) is 0 Å². The molecule has 0 saturated carbocycles. The molecule has 5 nitrogen and oxygen atoms in total. The lowest BCUT2D eigenvalue weighted by Crippen LogP contribution is -2.37. The van der Waals surface area contributed by atoms with E-state index in [0.717, 1.165) is 12.8 Å². The second-order valence-electron chi connectivity index (χ2n) is 4.29. The summed E-state index contributed by atoms with van der Waals surface area (Å²) in [5.41, 5.74) is 0.654. The fraction of sp³-hybridized carbons (Fsp3) is 0.462. The molecule has 0 aliphatic rings. The molecule has 0 radical (unpaired) electrons. The molecule has 1 aromatic carbocycles. The zero-order valence-electron chi connectivity index (χ0n) is 11.3. The maximum atomic E-state index is 12.0. The number of hydrogen-bond donors (Lipinski definition) is 2. The zero-order chi connectivity index (χ0) is 14.3. The fourth-order valence-electron chi connectivity index (χ4n) is 1.56. The molecule has 0 unspecified atom stereocenters. The van der Waals surface area contributed by atoms with Gasteiger partial charge >= 0.3 is 0 Å². The quantitative estimate of drug-likeness (QED) is 0.739. The minimum atomic E-state index is -3.63. The largest absolute Gasteiger partial charge is 0.355 e. The van der Waals surface area contributed by atoms with E-state index in [9.17, 15) is 13.2 Å². The molecule has 106 valence electrons. The minimum Gasteiger partial charge on any atom is -0.355 e. The molecule has 0 fully saturated rings. The molecule has 0 saturated heterocycles. The van der Waals surface area contributed by atoms with Crippen molar-refractivity contribution in [3.05, 3.63) is 29.8 Å². The number of benzene rings is 1. The Morgan fingerprint density at radius 1 is 1.26 bits per heavy atom. The van der Waals surface area contributed by atoms with Crippen LogP contribution in [0.25, 0.3) is 0 Å². The Kier molecular flexibility index (Phi) is 5.98. The van der Waals surface area contributed by atoms with Crippen LogP contribution in [0, 0.1) is 6.92 Å². The molecule has 2 N–H and O–H groups in total. The van der Waals surface area contributed by atoms with Crippen LogP contribution in [0.1, 0.15) is 25.3 Å². The van der Waals surface area contributed by atoms with Gasteiger partial charge in [0.1, 0.15) is 0 Å². The van der Waals surface area contributed by atoms with Crippen molar-refractivity contribution in [2.75, 3.05) is 13.1 Å². The fourth-order valence-corrected chi connectivity index (χ4v) is 2.79. The predicted molar refractivity (Wildman–Crippen MR) is 74.3 cm³/mol. The first-order valence-electron chi connectivity index (χ1n) is 6.29. The first-order valence-corrected chi connectivity index (χ1v) is 7.77. The predicted octanol–water partition coefficient (Wildman–Crippen LogP) is 1.19. The van der Waals surface area contributed by atoms with Gasteiger partial charge in [-0.3, -0.25) is 4.79 Å². The summed E-state index contributed by atoms with van der Waals surface area (Å²) in [4.78, 5) is 11.6. The summed E-state index contributed by atoms with van der Waals surface area (Å²) in [7, 11) is -3.63. The normalized spacial score (nSPS) is 11.3. The van der Waals surface area contributed by atoms with Crippen molar-refractivity contribution in [3.8, 4) is 0 Å². The van der Waals surface area contributed by atoms with Crippen LogP contribution in [0.15, 0.2) is 29.2 Å². The van der Waals surface area contributed by atoms with Crippen LogP contribution < -0.4 is 10.0 Å². The monoisotopic (exact) mass is 284 g/mol. The third-order valence-electron chi connectivity index (χ3n) is 2.66. The van der Waals surface area contributed by atoms with Gasteiger partial charge in [-0.25, -0.2) is 13.1 Å². The number of sulfonamides is 1. The SMILES string of the molecule is CCCCNC(=O)CNS(=O)(=O)c1ccccc1C. The lowest BCUT2D eigenvalue weighted by molar-refractivity contribution is -0.119. The maximum Gasteiger partial charge on any atom is 0.241 e. The van der Waals surface area contributed by atoms with E-state index in [2.05, 4.69) is 10.0 Å². The Morgan fingerprint density at radius 2 is 1.95 bits per heavy atom. The van der Waals surface area contributed by atoms with Gasteiger partial charge in [-0.05, 0) is 25.0 Å². The number of carbonyl (C=O) groups is 1. The number of hydrogen-bond acceptors (Lipinski definition) is 3. The van der Waals surface area contributed by atoms with Gasteiger partial charge in [0.25, 0.3) is 0 Å². The standard InChI is InChI=1S/C13H20N2O3S/c1-3-4-9-14-13(16)10-15-19(17,18)12-8-6-5-7-11(12)2/h5-8,15H,3-4,9-10H2,1-2H3,(H,14,16). The molecule has 1 amide bonds. The highest BCUT2D eigenvalue weighted by Gasteiger charge is 2.16. The first kappa shape index (κ1) is 15.7. The van der Waals surface area contributed by atoms with Crippen molar-refractivity contribution in [2.45, 2.75) is 31.6 Å². The summed E-state index contributed by atoms with van der Waals surface area (Å²) in [6.45, 7) is 4.07. The van der Waals surface area contributed by atoms with Gasteiger partial charge in [-0.2, -0.15) is 0 Å². The summed E-state index contributed by atoms with van der Waals surface area (Å²) in [6.07, 6.45) is 1.87. The van der Waals surface area contributed by atoms with Crippen LogP contribution in [-0.4, -0.2) is 27.4 Å². The van der Waals surface area contributed by atoms with Gasteiger partial charge in [-0.1, -0.05) is 31.5 Å². The summed E-state index contributed by atoms with van der Waals surface area (Å²) in [5.74, 6) is -0.314. The molecule has 19 heavy (non-hydrogen) atoms. The third-order valence-corrected chi connectivity index (χ3v) is 4.22. The average Bonchev–Trinajstić information content (AvgIpc) is 2.37. The second-order valence-corrected chi connectivity index (χ2v) is 6.03. The van der Waals surface area contributed by atoms with Crippen molar-refractivity contribution in [1.29, 1.82) is 0 Å². The van der Waals surface area contributed by atoms with Gasteiger partial charge < -0.3 is 5.32 Å². The Hall–Kier alpha value is -1.40. The Balaban J connectivity index is 2.57. The van der Waals surface area contributed by atoms with Gasteiger partial charge in [0.15, 0.2) is 0 Å². The molecular formula is C13H20N2O3S. The van der Waals surface area contributed by atoms with Crippen molar-refractivity contribution in [1.82, 2.24) is 10.0 Å². The van der Waals surface area contributed by atoms with Gasteiger partial charge in [-0.15, -0.1) is 0 Å². The number of unbranched alkanes of at least 4 members (excludes halogenated alkanes) is 1. The molecule has 0 atom stereocenters. The molecule has 0 aliphatic carbocycles. The van der Waals surface area contributed by atoms with E-state index in [4.69, 9.17) is 0 Å². The van der Waals surface area contributed by atoms with Crippen LogP contribution >= 0.6 is 0 Å². The van der Waals surface area contributed by atoms with E-state index in [0.29, 0.717) is 12.1 Å². The van der Waals surface area contributed by atoms with Crippen molar-refractivity contribution >= 4 is 15.9 Å². The van der Waals surface area contributed by atoms with Crippen LogP contribution in [-0.2, 0) is 14.8 Å². The van der Waals surface area contributed by atoms with Gasteiger partial charge in [0, 0.05) is 6.54 Å². The van der Waals surface area contributed by atoms with Crippen molar-refractivity contribution < 1.29 is 13.2 Å². The summed E-state index contributed by atoms with van der Waals surface area (Å²) >= 11 is 0. The molecule has 0 aromatic heterocycles. The van der Waals surface area contributed by atoms with Gasteiger partial charge in [0.2, 0.25) is 15.9 Å². The lowest BCUT2D eigenvalue weighted by atomic mass is 10.2. The molecule has 0 heterocycles. The number of nitrogens with one attached hydrogen (secondary N) is 2. The highest BCUT2D eigenvalue weighted by molar-refractivity contribution is 7.89. The van der Waals surface area contributed by atoms with E-state index in [-0.39, 0.29) is 17.3 Å². The average molecular weight is 284 g/mol. The van der Waals surface area contributed by atoms with Gasteiger partial charge in [0.05, 0.1) is 11.4 Å². The van der Waals surface area contributed by atoms with E-state index >= 15 is 0 Å². The maximum absolute atomic E-state index is 12.0. The summed E-state index contributed by atoms with van der Waals surface area (Å²) < 4.78 is 26.3. The van der Waals surface area contributed by atoms with E-state index in [1.807, 2.05) is 6.92 Å². The van der Waals surface area contributed by atoms with E-state index < -0.39 is 10.0 Å². The minimum absolute atomic E-state index is 0.205. The molecular weight excluding hydrogens is 264 g/mol. The van der Waals surface area contributed by atoms with Crippen molar-refractivity contribution in [3.63, 3.8) is 0 Å². The highest BCUT2D eigenvalue weighted by atomic mass is 32.2.